The molecule has 1 amide bonds. The van der Waals surface area contributed by atoms with Crippen LogP contribution in [0.15, 0.2) is 42.5 Å². The number of hydrogen-bond donors (Lipinski definition) is 0. The minimum Gasteiger partial charge on any atom is -0.465 e. The first-order valence-corrected chi connectivity index (χ1v) is 14.2. The van der Waals surface area contributed by atoms with Crippen LogP contribution in [0, 0.1) is 11.8 Å². The number of amides is 1. The van der Waals surface area contributed by atoms with E-state index in [2.05, 4.69) is 46.7 Å². The van der Waals surface area contributed by atoms with Gasteiger partial charge in [-0.15, -0.1) is 0 Å². The number of likely N-dealkylation sites (tertiary alicyclic amines) is 1. The van der Waals surface area contributed by atoms with E-state index in [0.29, 0.717) is 23.9 Å². The summed E-state index contributed by atoms with van der Waals surface area (Å²) in [5, 5.41) is 1.23. The van der Waals surface area contributed by atoms with Gasteiger partial charge in [0, 0.05) is 36.1 Å². The lowest BCUT2D eigenvalue weighted by atomic mass is 9.81. The highest BCUT2D eigenvalue weighted by Gasteiger charge is 2.35. The third-order valence-electron chi connectivity index (χ3n) is 9.12. The first-order chi connectivity index (χ1) is 18.0. The quantitative estimate of drug-likeness (QED) is 0.384. The van der Waals surface area contributed by atoms with E-state index in [1.54, 1.807) is 0 Å². The first kappa shape index (κ1) is 24.3. The van der Waals surface area contributed by atoms with Crippen molar-refractivity contribution < 1.29 is 14.3 Å². The number of methoxy groups -OCH3 is 1. The van der Waals surface area contributed by atoms with Gasteiger partial charge in [0.25, 0.3) is 0 Å². The summed E-state index contributed by atoms with van der Waals surface area (Å²) < 4.78 is 7.45. The van der Waals surface area contributed by atoms with Gasteiger partial charge in [-0.25, -0.2) is 4.79 Å². The molecule has 0 spiro atoms. The van der Waals surface area contributed by atoms with Crippen LogP contribution in [0.1, 0.15) is 79.3 Å². The predicted octanol–water partition coefficient (Wildman–Crippen LogP) is 6.57. The standard InChI is InChI=1S/C32H38N2O3/c1-21-14-16-33(17-15-21)31(35)25-18-23-10-6-7-11-26(23)30-29(22-8-4-3-5-9-22)27-13-12-24(32(36)37-2)19-28(27)34(30)20-25/h6-7,10-13,19,21-22,25H,3-5,8-9,14-18,20H2,1-2H3. The molecule has 194 valence electrons. The monoisotopic (exact) mass is 498 g/mol. The Balaban J connectivity index is 1.53. The van der Waals surface area contributed by atoms with Crippen molar-refractivity contribution in [1.29, 1.82) is 0 Å². The van der Waals surface area contributed by atoms with Crippen LogP contribution in [0.3, 0.4) is 0 Å². The number of esters is 1. The molecule has 37 heavy (non-hydrogen) atoms. The largest absolute Gasteiger partial charge is 0.465 e. The predicted molar refractivity (Wildman–Crippen MR) is 147 cm³/mol. The molecule has 2 aliphatic heterocycles. The minimum atomic E-state index is -0.319. The average Bonchev–Trinajstić information content (AvgIpc) is 3.15. The van der Waals surface area contributed by atoms with Gasteiger partial charge in [0.2, 0.25) is 5.91 Å². The molecule has 1 aliphatic carbocycles. The van der Waals surface area contributed by atoms with Crippen LogP contribution >= 0.6 is 0 Å². The number of carbonyl (C=O) groups excluding carboxylic acids is 2. The third-order valence-corrected chi connectivity index (χ3v) is 9.12. The molecular formula is C32H38N2O3. The van der Waals surface area contributed by atoms with Crippen molar-refractivity contribution in [2.24, 2.45) is 11.8 Å². The van der Waals surface area contributed by atoms with E-state index in [9.17, 15) is 9.59 Å². The van der Waals surface area contributed by atoms with Crippen LogP contribution in [0.25, 0.3) is 22.2 Å². The number of fused-ring (bicyclic) bond motifs is 5. The minimum absolute atomic E-state index is 0.118. The lowest BCUT2D eigenvalue weighted by Crippen LogP contribution is -2.42. The van der Waals surface area contributed by atoms with E-state index < -0.39 is 0 Å². The molecule has 5 nitrogen and oxygen atoms in total. The number of rotatable bonds is 3. The summed E-state index contributed by atoms with van der Waals surface area (Å²) in [6.07, 6.45) is 9.13. The molecule has 2 fully saturated rings. The second-order valence-electron chi connectivity index (χ2n) is 11.5. The first-order valence-electron chi connectivity index (χ1n) is 14.2. The summed E-state index contributed by atoms with van der Waals surface area (Å²) in [5.74, 6) is 1.03. The Kier molecular flexibility index (Phi) is 6.56. The summed E-state index contributed by atoms with van der Waals surface area (Å²) in [5.41, 5.74) is 6.82. The molecule has 5 heteroatoms. The Bertz CT molecular complexity index is 1330. The second kappa shape index (κ2) is 10.00. The van der Waals surface area contributed by atoms with Crippen LogP contribution in [-0.4, -0.2) is 41.5 Å². The van der Waals surface area contributed by atoms with Crippen LogP contribution in [-0.2, 0) is 22.5 Å². The van der Waals surface area contributed by atoms with Crippen molar-refractivity contribution in [3.05, 3.63) is 59.2 Å². The van der Waals surface area contributed by atoms with E-state index >= 15 is 0 Å². The molecule has 0 radical (unpaired) electrons. The van der Waals surface area contributed by atoms with Crippen molar-refractivity contribution in [1.82, 2.24) is 9.47 Å². The van der Waals surface area contributed by atoms with Gasteiger partial charge in [-0.3, -0.25) is 4.79 Å². The van der Waals surface area contributed by atoms with Crippen molar-refractivity contribution in [3.8, 4) is 11.3 Å². The number of hydrogen-bond acceptors (Lipinski definition) is 3. The molecule has 3 aromatic rings. The molecule has 2 aromatic carbocycles. The Morgan fingerprint density at radius 2 is 1.70 bits per heavy atom. The molecule has 0 bridgehead atoms. The summed E-state index contributed by atoms with van der Waals surface area (Å²) >= 11 is 0. The van der Waals surface area contributed by atoms with Crippen LogP contribution in [0.4, 0.5) is 0 Å². The Labute approximate surface area is 219 Å². The molecule has 1 atom stereocenters. The maximum Gasteiger partial charge on any atom is 0.337 e. The molecule has 1 unspecified atom stereocenters. The maximum atomic E-state index is 13.9. The topological polar surface area (TPSA) is 51.5 Å². The van der Waals surface area contributed by atoms with Crippen LogP contribution < -0.4 is 0 Å². The molecule has 3 heterocycles. The van der Waals surface area contributed by atoms with E-state index in [1.807, 2.05) is 12.1 Å². The fourth-order valence-electron chi connectivity index (χ4n) is 7.04. The number of nitrogens with zero attached hydrogens (tertiary/aromatic N) is 2. The second-order valence-corrected chi connectivity index (χ2v) is 11.5. The lowest BCUT2D eigenvalue weighted by Gasteiger charge is -2.33. The summed E-state index contributed by atoms with van der Waals surface area (Å²) in [6, 6.07) is 14.7. The Morgan fingerprint density at radius 1 is 0.946 bits per heavy atom. The molecule has 1 aromatic heterocycles. The van der Waals surface area contributed by atoms with E-state index in [1.165, 1.54) is 67.0 Å². The lowest BCUT2D eigenvalue weighted by molar-refractivity contribution is -0.137. The van der Waals surface area contributed by atoms with Crippen molar-refractivity contribution >= 4 is 22.8 Å². The summed E-state index contributed by atoms with van der Waals surface area (Å²) in [7, 11) is 1.43. The molecule has 3 aliphatic rings. The number of ether oxygens (including phenoxy) is 1. The highest BCUT2D eigenvalue weighted by Crippen LogP contribution is 2.47. The normalized spacial score (nSPS) is 20.8. The summed E-state index contributed by atoms with van der Waals surface area (Å²) in [4.78, 5) is 28.6. The maximum absolute atomic E-state index is 13.9. The molecular weight excluding hydrogens is 460 g/mol. The number of piperidine rings is 1. The Morgan fingerprint density at radius 3 is 2.46 bits per heavy atom. The SMILES string of the molecule is COC(=O)c1ccc2c(C3CCCCC3)c3n(c2c1)CC(C(=O)N1CCC(C)CC1)Cc1ccccc1-3. The molecule has 1 saturated heterocycles. The van der Waals surface area contributed by atoms with E-state index in [0.717, 1.165) is 37.9 Å². The Hall–Kier alpha value is -3.08. The van der Waals surface area contributed by atoms with Gasteiger partial charge in [0.1, 0.15) is 0 Å². The van der Waals surface area contributed by atoms with Gasteiger partial charge in [-0.2, -0.15) is 0 Å². The van der Waals surface area contributed by atoms with Crippen molar-refractivity contribution in [2.75, 3.05) is 20.2 Å². The zero-order valence-electron chi connectivity index (χ0n) is 22.2. The fourth-order valence-corrected chi connectivity index (χ4v) is 7.04. The zero-order valence-corrected chi connectivity index (χ0v) is 22.2. The van der Waals surface area contributed by atoms with E-state index in [4.69, 9.17) is 4.74 Å². The highest BCUT2D eigenvalue weighted by atomic mass is 16.5. The van der Waals surface area contributed by atoms with Gasteiger partial charge < -0.3 is 14.2 Å². The van der Waals surface area contributed by atoms with Gasteiger partial charge in [-0.05, 0) is 67.2 Å². The van der Waals surface area contributed by atoms with Crippen LogP contribution in [0.5, 0.6) is 0 Å². The zero-order chi connectivity index (χ0) is 25.5. The smallest absolute Gasteiger partial charge is 0.337 e. The highest BCUT2D eigenvalue weighted by molar-refractivity contribution is 5.99. The van der Waals surface area contributed by atoms with Crippen molar-refractivity contribution in [2.45, 2.75) is 70.8 Å². The van der Waals surface area contributed by atoms with Crippen LogP contribution in [0.2, 0.25) is 0 Å². The van der Waals surface area contributed by atoms with Gasteiger partial charge in [0.05, 0.1) is 24.3 Å². The number of aromatic nitrogens is 1. The fraction of sp³-hybridized carbons (Fsp3) is 0.500. The number of benzene rings is 2. The summed E-state index contributed by atoms with van der Waals surface area (Å²) in [6.45, 7) is 4.64. The average molecular weight is 499 g/mol. The van der Waals surface area contributed by atoms with E-state index in [-0.39, 0.29) is 17.8 Å². The number of carbonyl (C=O) groups is 2. The van der Waals surface area contributed by atoms with Crippen molar-refractivity contribution in [3.63, 3.8) is 0 Å². The molecule has 0 N–H and O–H groups in total. The van der Waals surface area contributed by atoms with Gasteiger partial charge in [-0.1, -0.05) is 56.5 Å². The van der Waals surface area contributed by atoms with Gasteiger partial charge >= 0.3 is 5.97 Å². The molecule has 1 saturated carbocycles. The molecule has 6 rings (SSSR count). The third kappa shape index (κ3) is 4.36. The van der Waals surface area contributed by atoms with Gasteiger partial charge in [0.15, 0.2) is 0 Å².